The predicted octanol–water partition coefficient (Wildman–Crippen LogP) is 4.51. The Morgan fingerprint density at radius 1 is 1.35 bits per heavy atom. The van der Waals surface area contributed by atoms with Crippen molar-refractivity contribution in [1.82, 2.24) is 9.55 Å². The van der Waals surface area contributed by atoms with E-state index < -0.39 is 5.25 Å². The van der Waals surface area contributed by atoms with Crippen molar-refractivity contribution in [2.45, 2.75) is 57.2 Å². The summed E-state index contributed by atoms with van der Waals surface area (Å²) in [6.45, 7) is 8.52. The number of aryl methyl sites for hydroxylation is 1. The second kappa shape index (κ2) is 8.76. The van der Waals surface area contributed by atoms with Crippen LogP contribution >= 0.6 is 23.1 Å². The molecule has 2 aromatic heterocycles. The van der Waals surface area contributed by atoms with Gasteiger partial charge < -0.3 is 9.47 Å². The van der Waals surface area contributed by atoms with E-state index in [4.69, 9.17) is 14.5 Å². The van der Waals surface area contributed by atoms with Gasteiger partial charge in [0, 0.05) is 11.3 Å². The van der Waals surface area contributed by atoms with Crippen molar-refractivity contribution >= 4 is 39.3 Å². The summed E-state index contributed by atoms with van der Waals surface area (Å²) in [7, 11) is 1.36. The Morgan fingerprint density at radius 3 is 2.81 bits per heavy atom. The zero-order chi connectivity index (χ0) is 22.3. The van der Waals surface area contributed by atoms with Gasteiger partial charge in [-0.05, 0) is 43.0 Å². The molecule has 0 spiro atoms. The van der Waals surface area contributed by atoms with E-state index in [-0.39, 0.29) is 17.6 Å². The molecule has 2 atom stereocenters. The molecule has 0 amide bonds. The number of carbonyl (C=O) groups is 1. The van der Waals surface area contributed by atoms with Crippen LogP contribution in [-0.4, -0.2) is 34.0 Å². The second-order valence-corrected chi connectivity index (χ2v) is 10.5. The second-order valence-electron chi connectivity index (χ2n) is 8.14. The fourth-order valence-electron chi connectivity index (χ4n) is 3.78. The van der Waals surface area contributed by atoms with Crippen LogP contribution in [0.1, 0.15) is 36.8 Å². The number of aromatic nitrogens is 2. The first-order valence-electron chi connectivity index (χ1n) is 10.3. The van der Waals surface area contributed by atoms with Crippen LogP contribution in [0, 0.1) is 12.8 Å². The number of carbonyl (C=O) groups excluding carboxylic acids is 1. The zero-order valence-electron chi connectivity index (χ0n) is 18.3. The van der Waals surface area contributed by atoms with Crippen molar-refractivity contribution in [1.29, 1.82) is 0 Å². The van der Waals surface area contributed by atoms with E-state index in [1.807, 2.05) is 31.2 Å². The average molecular weight is 459 g/mol. The Kier molecular flexibility index (Phi) is 6.23. The standard InChI is InChI=1S/C23H26N2O4S2/c1-12(2)17-10-16-18(11-29-17)31-20-19(16)21(26)25(15-8-6-7-13(3)9-15)23(24-20)30-14(4)22(27)28-5/h6-9,12,14,17H,10-11H2,1-5H3/t14-,17+/m1/s1. The van der Waals surface area contributed by atoms with Crippen LogP contribution in [0.25, 0.3) is 15.9 Å². The van der Waals surface area contributed by atoms with Gasteiger partial charge >= 0.3 is 5.97 Å². The third kappa shape index (κ3) is 4.16. The number of fused-ring (bicyclic) bond motifs is 3. The summed E-state index contributed by atoms with van der Waals surface area (Å²) in [4.78, 5) is 32.5. The third-order valence-electron chi connectivity index (χ3n) is 5.53. The van der Waals surface area contributed by atoms with Crippen LogP contribution in [0.5, 0.6) is 0 Å². The Labute approximate surface area is 189 Å². The maximum atomic E-state index is 13.9. The highest BCUT2D eigenvalue weighted by molar-refractivity contribution is 8.00. The van der Waals surface area contributed by atoms with E-state index in [0.29, 0.717) is 34.3 Å². The lowest BCUT2D eigenvalue weighted by Gasteiger charge is -2.26. The van der Waals surface area contributed by atoms with Gasteiger partial charge in [-0.25, -0.2) is 4.98 Å². The molecule has 31 heavy (non-hydrogen) atoms. The van der Waals surface area contributed by atoms with Gasteiger partial charge in [0.2, 0.25) is 0 Å². The summed E-state index contributed by atoms with van der Waals surface area (Å²) < 4.78 is 12.5. The molecular formula is C23H26N2O4S2. The van der Waals surface area contributed by atoms with Crippen molar-refractivity contribution in [2.24, 2.45) is 5.92 Å². The van der Waals surface area contributed by atoms with Gasteiger partial charge in [-0.1, -0.05) is 37.7 Å². The first-order chi connectivity index (χ1) is 14.8. The molecule has 4 rings (SSSR count). The zero-order valence-corrected chi connectivity index (χ0v) is 19.9. The first-order valence-corrected chi connectivity index (χ1v) is 12.0. The summed E-state index contributed by atoms with van der Waals surface area (Å²) in [5.74, 6) is 0.0135. The monoisotopic (exact) mass is 458 g/mol. The number of methoxy groups -OCH3 is 1. The van der Waals surface area contributed by atoms with Crippen LogP contribution in [0.3, 0.4) is 0 Å². The molecule has 6 nitrogen and oxygen atoms in total. The Bertz CT molecular complexity index is 1200. The molecule has 1 aromatic carbocycles. The molecule has 8 heteroatoms. The molecule has 0 unspecified atom stereocenters. The molecule has 0 aliphatic carbocycles. The molecule has 0 saturated carbocycles. The predicted molar refractivity (Wildman–Crippen MR) is 124 cm³/mol. The number of hydrogen-bond donors (Lipinski definition) is 0. The molecule has 0 saturated heterocycles. The lowest BCUT2D eigenvalue weighted by molar-refractivity contribution is -0.139. The van der Waals surface area contributed by atoms with E-state index in [1.165, 1.54) is 30.2 Å². The van der Waals surface area contributed by atoms with Crippen LogP contribution in [-0.2, 0) is 27.3 Å². The van der Waals surface area contributed by atoms with Crippen molar-refractivity contribution in [3.8, 4) is 5.69 Å². The summed E-state index contributed by atoms with van der Waals surface area (Å²) in [6, 6.07) is 7.76. The van der Waals surface area contributed by atoms with Gasteiger partial charge in [0.15, 0.2) is 5.16 Å². The molecule has 0 N–H and O–H groups in total. The average Bonchev–Trinajstić information content (AvgIpc) is 3.10. The van der Waals surface area contributed by atoms with Crippen molar-refractivity contribution < 1.29 is 14.3 Å². The number of thiophene rings is 1. The molecule has 3 heterocycles. The van der Waals surface area contributed by atoms with Gasteiger partial charge in [-0.3, -0.25) is 14.2 Å². The molecule has 0 bridgehead atoms. The Morgan fingerprint density at radius 2 is 2.13 bits per heavy atom. The van der Waals surface area contributed by atoms with Crippen LogP contribution < -0.4 is 5.56 Å². The Balaban J connectivity index is 1.93. The number of ether oxygens (including phenoxy) is 2. The molecule has 164 valence electrons. The molecule has 3 aromatic rings. The number of rotatable bonds is 5. The normalized spacial score (nSPS) is 17.0. The van der Waals surface area contributed by atoms with Crippen molar-refractivity contribution in [2.75, 3.05) is 7.11 Å². The number of esters is 1. The van der Waals surface area contributed by atoms with E-state index >= 15 is 0 Å². The van der Waals surface area contributed by atoms with Gasteiger partial charge in [0.25, 0.3) is 5.56 Å². The number of thioether (sulfide) groups is 1. The minimum Gasteiger partial charge on any atom is -0.468 e. The fourth-order valence-corrected chi connectivity index (χ4v) is 5.90. The van der Waals surface area contributed by atoms with Gasteiger partial charge in [0.05, 0.1) is 30.9 Å². The summed E-state index contributed by atoms with van der Waals surface area (Å²) in [5.41, 5.74) is 2.74. The number of nitrogens with zero attached hydrogens (tertiary/aromatic N) is 2. The smallest absolute Gasteiger partial charge is 0.318 e. The molecule has 1 aliphatic rings. The lowest BCUT2D eigenvalue weighted by Crippen LogP contribution is -2.28. The highest BCUT2D eigenvalue weighted by atomic mass is 32.2. The lowest BCUT2D eigenvalue weighted by atomic mass is 9.96. The Hall–Kier alpha value is -2.16. The quantitative estimate of drug-likeness (QED) is 0.318. The van der Waals surface area contributed by atoms with Crippen LogP contribution in [0.15, 0.2) is 34.2 Å². The fraction of sp³-hybridized carbons (Fsp3) is 0.435. The molecular weight excluding hydrogens is 432 g/mol. The van der Waals surface area contributed by atoms with Gasteiger partial charge in [-0.2, -0.15) is 0 Å². The maximum absolute atomic E-state index is 13.9. The van der Waals surface area contributed by atoms with Crippen molar-refractivity contribution in [3.05, 3.63) is 50.6 Å². The van der Waals surface area contributed by atoms with Crippen LogP contribution in [0.2, 0.25) is 0 Å². The first kappa shape index (κ1) is 22.0. The van der Waals surface area contributed by atoms with E-state index in [2.05, 4.69) is 13.8 Å². The van der Waals surface area contributed by atoms with Gasteiger partial charge in [0.1, 0.15) is 10.1 Å². The SMILES string of the molecule is COC(=O)[C@@H](C)Sc1nc2sc3c(c2c(=O)n1-c1cccc(C)c1)C[C@@H](C(C)C)OC3. The third-order valence-corrected chi connectivity index (χ3v) is 7.66. The van der Waals surface area contributed by atoms with E-state index in [0.717, 1.165) is 21.7 Å². The van der Waals surface area contributed by atoms with E-state index in [9.17, 15) is 9.59 Å². The van der Waals surface area contributed by atoms with Crippen molar-refractivity contribution in [3.63, 3.8) is 0 Å². The molecule has 1 aliphatic heterocycles. The van der Waals surface area contributed by atoms with E-state index in [1.54, 1.807) is 11.5 Å². The largest absolute Gasteiger partial charge is 0.468 e. The minimum absolute atomic E-state index is 0.0884. The summed E-state index contributed by atoms with van der Waals surface area (Å²) in [6.07, 6.45) is 0.800. The highest BCUT2D eigenvalue weighted by Gasteiger charge is 2.29. The minimum atomic E-state index is -0.492. The van der Waals surface area contributed by atoms with Crippen LogP contribution in [0.4, 0.5) is 0 Å². The number of hydrogen-bond acceptors (Lipinski definition) is 7. The topological polar surface area (TPSA) is 70.4 Å². The number of benzene rings is 1. The summed E-state index contributed by atoms with van der Waals surface area (Å²) in [5, 5.41) is 0.667. The molecule has 0 fully saturated rings. The molecule has 0 radical (unpaired) electrons. The highest BCUT2D eigenvalue weighted by Crippen LogP contribution is 2.36. The maximum Gasteiger partial charge on any atom is 0.318 e. The van der Waals surface area contributed by atoms with Gasteiger partial charge in [-0.15, -0.1) is 11.3 Å². The summed E-state index contributed by atoms with van der Waals surface area (Å²) >= 11 is 2.75.